The zero-order valence-corrected chi connectivity index (χ0v) is 12.2. The lowest BCUT2D eigenvalue weighted by molar-refractivity contribution is -0.142. The van der Waals surface area contributed by atoms with Crippen LogP contribution >= 0.6 is 0 Å². The van der Waals surface area contributed by atoms with Gasteiger partial charge in [0, 0.05) is 12.6 Å². The van der Waals surface area contributed by atoms with E-state index in [4.69, 9.17) is 5.11 Å². The molecule has 0 aliphatic heterocycles. The Morgan fingerprint density at radius 1 is 1.35 bits per heavy atom. The van der Waals surface area contributed by atoms with Gasteiger partial charge in [0.2, 0.25) is 0 Å². The van der Waals surface area contributed by atoms with Gasteiger partial charge in [-0.2, -0.15) is 0 Å². The number of carbonyl (C=O) groups excluding carboxylic acids is 1. The van der Waals surface area contributed by atoms with Crippen molar-refractivity contribution in [1.29, 1.82) is 0 Å². The SMILES string of the molecule is COC(=O)CC(NCCO)C(O)c1ccc(C)c(C)c1. The van der Waals surface area contributed by atoms with Crippen LogP contribution in [0.25, 0.3) is 0 Å². The van der Waals surface area contributed by atoms with E-state index in [0.717, 1.165) is 16.7 Å². The second kappa shape index (κ2) is 7.99. The van der Waals surface area contributed by atoms with Crippen LogP contribution in [0.3, 0.4) is 0 Å². The monoisotopic (exact) mass is 281 g/mol. The van der Waals surface area contributed by atoms with Gasteiger partial charge in [0.05, 0.1) is 26.2 Å². The molecule has 20 heavy (non-hydrogen) atoms. The fraction of sp³-hybridized carbons (Fsp3) is 0.533. The third-order valence-corrected chi connectivity index (χ3v) is 3.39. The van der Waals surface area contributed by atoms with Crippen molar-refractivity contribution >= 4 is 5.97 Å². The predicted octanol–water partition coefficient (Wildman–Crippen LogP) is 0.850. The lowest BCUT2D eigenvalue weighted by Gasteiger charge is -2.24. The Kier molecular flexibility index (Phi) is 6.64. The number of aliphatic hydroxyl groups excluding tert-OH is 2. The molecule has 0 amide bonds. The summed E-state index contributed by atoms with van der Waals surface area (Å²) in [7, 11) is 1.31. The van der Waals surface area contributed by atoms with E-state index in [9.17, 15) is 9.90 Å². The number of benzene rings is 1. The summed E-state index contributed by atoms with van der Waals surface area (Å²) in [6.45, 7) is 4.23. The normalized spacial score (nSPS) is 13.8. The maximum absolute atomic E-state index is 11.4. The van der Waals surface area contributed by atoms with Gasteiger partial charge in [0.1, 0.15) is 0 Å². The van der Waals surface area contributed by atoms with E-state index in [1.807, 2.05) is 32.0 Å². The molecule has 112 valence electrons. The van der Waals surface area contributed by atoms with Crippen LogP contribution in [-0.4, -0.2) is 42.5 Å². The molecule has 1 aromatic carbocycles. The van der Waals surface area contributed by atoms with Gasteiger partial charge in [-0.3, -0.25) is 4.79 Å². The van der Waals surface area contributed by atoms with Gasteiger partial charge < -0.3 is 20.3 Å². The van der Waals surface area contributed by atoms with Gasteiger partial charge in [-0.25, -0.2) is 0 Å². The summed E-state index contributed by atoms with van der Waals surface area (Å²) in [6, 6.07) is 5.20. The van der Waals surface area contributed by atoms with E-state index in [0.29, 0.717) is 6.54 Å². The summed E-state index contributed by atoms with van der Waals surface area (Å²) in [5, 5.41) is 22.3. The van der Waals surface area contributed by atoms with Crippen LogP contribution in [0, 0.1) is 13.8 Å². The highest BCUT2D eigenvalue weighted by molar-refractivity contribution is 5.70. The number of aliphatic hydroxyl groups is 2. The molecule has 0 fully saturated rings. The Labute approximate surface area is 119 Å². The first-order valence-electron chi connectivity index (χ1n) is 6.65. The summed E-state index contributed by atoms with van der Waals surface area (Å²) in [5.41, 5.74) is 2.97. The Morgan fingerprint density at radius 3 is 2.60 bits per heavy atom. The highest BCUT2D eigenvalue weighted by atomic mass is 16.5. The number of ether oxygens (including phenoxy) is 1. The van der Waals surface area contributed by atoms with E-state index in [1.54, 1.807) is 0 Å². The largest absolute Gasteiger partial charge is 0.469 e. The third kappa shape index (κ3) is 4.59. The Hall–Kier alpha value is -1.43. The summed E-state index contributed by atoms with van der Waals surface area (Å²) < 4.78 is 4.64. The van der Waals surface area contributed by atoms with Crippen molar-refractivity contribution in [3.05, 3.63) is 34.9 Å². The van der Waals surface area contributed by atoms with Gasteiger partial charge in [0.15, 0.2) is 0 Å². The number of nitrogens with one attached hydrogen (secondary N) is 1. The first kappa shape index (κ1) is 16.6. The first-order chi connectivity index (χ1) is 9.49. The molecule has 0 aromatic heterocycles. The molecule has 5 heteroatoms. The third-order valence-electron chi connectivity index (χ3n) is 3.39. The molecule has 2 unspecified atom stereocenters. The van der Waals surface area contributed by atoms with Crippen molar-refractivity contribution in [3.8, 4) is 0 Å². The van der Waals surface area contributed by atoms with Crippen molar-refractivity contribution < 1.29 is 19.7 Å². The standard InChI is InChI=1S/C15H23NO4/c1-10-4-5-12(8-11(10)2)15(19)13(16-6-7-17)9-14(18)20-3/h4-5,8,13,15-17,19H,6-7,9H2,1-3H3. The molecule has 0 bridgehead atoms. The zero-order chi connectivity index (χ0) is 15.1. The number of methoxy groups -OCH3 is 1. The molecule has 2 atom stereocenters. The number of esters is 1. The van der Waals surface area contributed by atoms with Crippen LogP contribution in [0.15, 0.2) is 18.2 Å². The van der Waals surface area contributed by atoms with Crippen molar-refractivity contribution in [2.45, 2.75) is 32.4 Å². The minimum atomic E-state index is -0.833. The molecule has 0 radical (unpaired) electrons. The van der Waals surface area contributed by atoms with E-state index >= 15 is 0 Å². The molecular formula is C15H23NO4. The minimum Gasteiger partial charge on any atom is -0.469 e. The molecule has 5 nitrogen and oxygen atoms in total. The minimum absolute atomic E-state index is 0.0462. The second-order valence-corrected chi connectivity index (χ2v) is 4.85. The number of aryl methyl sites for hydroxylation is 2. The molecule has 0 aliphatic carbocycles. The number of hydrogen-bond acceptors (Lipinski definition) is 5. The maximum Gasteiger partial charge on any atom is 0.307 e. The van der Waals surface area contributed by atoms with Crippen LogP contribution in [0.2, 0.25) is 0 Å². The number of hydrogen-bond donors (Lipinski definition) is 3. The second-order valence-electron chi connectivity index (χ2n) is 4.85. The number of rotatable bonds is 7. The highest BCUT2D eigenvalue weighted by Gasteiger charge is 2.23. The summed E-state index contributed by atoms with van der Waals surface area (Å²) in [5.74, 6) is -0.400. The average Bonchev–Trinajstić information content (AvgIpc) is 2.45. The molecular weight excluding hydrogens is 258 g/mol. The van der Waals surface area contributed by atoms with E-state index in [-0.39, 0.29) is 13.0 Å². The Balaban J connectivity index is 2.86. The fourth-order valence-corrected chi connectivity index (χ4v) is 1.99. The molecule has 1 aromatic rings. The quantitative estimate of drug-likeness (QED) is 0.646. The van der Waals surface area contributed by atoms with Crippen LogP contribution in [-0.2, 0) is 9.53 Å². The summed E-state index contributed by atoms with van der Waals surface area (Å²) in [4.78, 5) is 11.4. The molecule has 3 N–H and O–H groups in total. The Morgan fingerprint density at radius 2 is 2.05 bits per heavy atom. The van der Waals surface area contributed by atoms with Crippen molar-refractivity contribution in [2.75, 3.05) is 20.3 Å². The lowest BCUT2D eigenvalue weighted by Crippen LogP contribution is -2.38. The average molecular weight is 281 g/mol. The maximum atomic E-state index is 11.4. The van der Waals surface area contributed by atoms with Gasteiger partial charge >= 0.3 is 5.97 Å². The highest BCUT2D eigenvalue weighted by Crippen LogP contribution is 2.22. The van der Waals surface area contributed by atoms with Crippen molar-refractivity contribution in [2.24, 2.45) is 0 Å². The lowest BCUT2D eigenvalue weighted by atomic mass is 9.96. The van der Waals surface area contributed by atoms with E-state index in [2.05, 4.69) is 10.1 Å². The first-order valence-corrected chi connectivity index (χ1v) is 6.65. The van der Waals surface area contributed by atoms with Crippen LogP contribution in [0.5, 0.6) is 0 Å². The predicted molar refractivity (Wildman–Crippen MR) is 76.4 cm³/mol. The smallest absolute Gasteiger partial charge is 0.307 e. The van der Waals surface area contributed by atoms with Gasteiger partial charge in [-0.05, 0) is 30.5 Å². The van der Waals surface area contributed by atoms with Gasteiger partial charge in [-0.15, -0.1) is 0 Å². The van der Waals surface area contributed by atoms with Crippen molar-refractivity contribution in [3.63, 3.8) is 0 Å². The molecule has 0 saturated carbocycles. The van der Waals surface area contributed by atoms with Crippen LogP contribution in [0.1, 0.15) is 29.2 Å². The molecule has 0 saturated heterocycles. The van der Waals surface area contributed by atoms with Crippen LogP contribution < -0.4 is 5.32 Å². The summed E-state index contributed by atoms with van der Waals surface area (Å²) >= 11 is 0. The van der Waals surface area contributed by atoms with Gasteiger partial charge in [-0.1, -0.05) is 18.2 Å². The fourth-order valence-electron chi connectivity index (χ4n) is 1.99. The summed E-state index contributed by atoms with van der Waals surface area (Å²) in [6.07, 6.45) is -0.787. The number of carbonyl (C=O) groups is 1. The van der Waals surface area contributed by atoms with Gasteiger partial charge in [0.25, 0.3) is 0 Å². The zero-order valence-electron chi connectivity index (χ0n) is 12.2. The molecule has 0 heterocycles. The molecule has 1 rings (SSSR count). The van der Waals surface area contributed by atoms with Crippen LogP contribution in [0.4, 0.5) is 0 Å². The molecule has 0 aliphatic rings. The van der Waals surface area contributed by atoms with E-state index < -0.39 is 18.1 Å². The Bertz CT molecular complexity index is 447. The topological polar surface area (TPSA) is 78.8 Å². The molecule has 0 spiro atoms. The van der Waals surface area contributed by atoms with E-state index in [1.165, 1.54) is 7.11 Å². The van der Waals surface area contributed by atoms with Crippen molar-refractivity contribution in [1.82, 2.24) is 5.32 Å².